The van der Waals surface area contributed by atoms with Crippen molar-refractivity contribution in [1.82, 2.24) is 5.32 Å². The van der Waals surface area contributed by atoms with Crippen molar-refractivity contribution in [2.75, 3.05) is 6.54 Å². The molecule has 0 aromatic heterocycles. The second-order valence-corrected chi connectivity index (χ2v) is 4.22. The zero-order valence-corrected chi connectivity index (χ0v) is 9.60. The Balaban J connectivity index is 2.22. The van der Waals surface area contributed by atoms with Crippen molar-refractivity contribution in [2.45, 2.75) is 58.4 Å². The van der Waals surface area contributed by atoms with E-state index >= 15 is 0 Å². The predicted molar refractivity (Wildman–Crippen MR) is 62.1 cm³/mol. The van der Waals surface area contributed by atoms with Gasteiger partial charge in [0.1, 0.15) is 0 Å². The Bertz CT molecular complexity index is 195. The predicted octanol–water partition coefficient (Wildman–Crippen LogP) is 2.96. The van der Waals surface area contributed by atoms with E-state index in [1.54, 1.807) is 0 Å². The monoisotopic (exact) mass is 193 g/mol. The third kappa shape index (κ3) is 3.72. The fourth-order valence-corrected chi connectivity index (χ4v) is 2.03. The molecule has 0 aromatic rings. The van der Waals surface area contributed by atoms with E-state index in [4.69, 9.17) is 0 Å². The van der Waals surface area contributed by atoms with E-state index in [0.717, 1.165) is 18.4 Å². The third-order valence-corrected chi connectivity index (χ3v) is 3.13. The summed E-state index contributed by atoms with van der Waals surface area (Å²) < 4.78 is 0. The Morgan fingerprint density at radius 2 is 2.21 bits per heavy atom. The Labute approximate surface area is 88.7 Å². The minimum atomic E-state index is 0.740. The number of nitrogens with one attached hydrogen (secondary N) is 1. The Morgan fingerprint density at radius 3 is 2.71 bits per heavy atom. The van der Waals surface area contributed by atoms with Gasteiger partial charge in [-0.1, -0.05) is 13.3 Å². The molecule has 0 bridgehead atoms. The summed E-state index contributed by atoms with van der Waals surface area (Å²) in [4.78, 5) is 0. The van der Waals surface area contributed by atoms with Crippen LogP contribution in [0.4, 0.5) is 0 Å². The van der Waals surface area contributed by atoms with Crippen LogP contribution in [0.2, 0.25) is 0 Å². The molecule has 0 saturated heterocycles. The molecule has 14 heavy (non-hydrogen) atoms. The van der Waals surface area contributed by atoms with Crippen molar-refractivity contribution in [1.29, 1.82) is 0 Å². The molecule has 1 nitrogen and oxygen atoms in total. The van der Waals surface area contributed by atoms with Crippen LogP contribution in [-0.2, 0) is 0 Å². The molecule has 1 atom stereocenters. The molecule has 1 rings (SSSR count). The van der Waals surface area contributed by atoms with Crippen LogP contribution in [-0.4, -0.2) is 12.6 Å². The van der Waals surface area contributed by atoms with Gasteiger partial charge in [0.05, 0.1) is 0 Å². The first kappa shape index (κ1) is 11.6. The highest BCUT2D eigenvalue weighted by molar-refractivity contribution is 4.96. The maximum atomic E-state index is 3.66. The molecule has 80 valence electrons. The molecule has 0 spiro atoms. The average Bonchev–Trinajstić information content (AvgIpc) is 2.11. The zero-order chi connectivity index (χ0) is 10.2. The lowest BCUT2D eigenvalue weighted by Crippen LogP contribution is -2.39. The van der Waals surface area contributed by atoms with E-state index in [-0.39, 0.29) is 0 Å². The highest BCUT2D eigenvalue weighted by Crippen LogP contribution is 2.31. The van der Waals surface area contributed by atoms with E-state index < -0.39 is 0 Å². The van der Waals surface area contributed by atoms with Gasteiger partial charge in [-0.25, -0.2) is 0 Å². The van der Waals surface area contributed by atoms with Crippen molar-refractivity contribution in [3.8, 4) is 11.8 Å². The van der Waals surface area contributed by atoms with Crippen LogP contribution < -0.4 is 5.32 Å². The van der Waals surface area contributed by atoms with Crippen molar-refractivity contribution >= 4 is 0 Å². The van der Waals surface area contributed by atoms with Gasteiger partial charge in [-0.2, -0.15) is 0 Å². The molecule has 0 aliphatic heterocycles. The molecule has 1 saturated carbocycles. The van der Waals surface area contributed by atoms with Crippen LogP contribution in [0.25, 0.3) is 0 Å². The summed E-state index contributed by atoms with van der Waals surface area (Å²) in [5.41, 5.74) is 0. The maximum absolute atomic E-state index is 3.66. The first-order valence-corrected chi connectivity index (χ1v) is 6.01. The molecule has 1 N–H and O–H groups in total. The van der Waals surface area contributed by atoms with Gasteiger partial charge in [-0.3, -0.25) is 0 Å². The van der Waals surface area contributed by atoms with Gasteiger partial charge in [0.25, 0.3) is 0 Å². The summed E-state index contributed by atoms with van der Waals surface area (Å²) in [6, 6.07) is 0.740. The average molecular weight is 193 g/mol. The molecular weight excluding hydrogens is 170 g/mol. The van der Waals surface area contributed by atoms with Crippen LogP contribution in [0.1, 0.15) is 52.4 Å². The van der Waals surface area contributed by atoms with Gasteiger partial charge < -0.3 is 5.32 Å². The molecule has 0 aromatic carbocycles. The second kappa shape index (κ2) is 6.90. The van der Waals surface area contributed by atoms with E-state index in [2.05, 4.69) is 24.1 Å². The van der Waals surface area contributed by atoms with Crippen LogP contribution in [0.5, 0.6) is 0 Å². The van der Waals surface area contributed by atoms with Crippen molar-refractivity contribution in [3.63, 3.8) is 0 Å². The topological polar surface area (TPSA) is 12.0 Å². The molecule has 1 fully saturated rings. The number of rotatable bonds is 6. The molecule has 0 amide bonds. The first-order valence-electron chi connectivity index (χ1n) is 6.01. The zero-order valence-electron chi connectivity index (χ0n) is 9.60. The van der Waals surface area contributed by atoms with E-state index in [1.165, 1.54) is 38.6 Å². The van der Waals surface area contributed by atoms with Crippen molar-refractivity contribution in [3.05, 3.63) is 0 Å². The molecule has 0 heterocycles. The summed E-state index contributed by atoms with van der Waals surface area (Å²) in [5.74, 6) is 7.09. The van der Waals surface area contributed by atoms with Crippen LogP contribution >= 0.6 is 0 Å². The SMILES string of the molecule is CC#CCCC(NCCC)C1CCC1. The highest BCUT2D eigenvalue weighted by atomic mass is 14.9. The second-order valence-electron chi connectivity index (χ2n) is 4.22. The highest BCUT2D eigenvalue weighted by Gasteiger charge is 2.25. The number of hydrogen-bond donors (Lipinski definition) is 1. The molecular formula is C13H23N. The minimum Gasteiger partial charge on any atom is -0.314 e. The van der Waals surface area contributed by atoms with Crippen LogP contribution in [0.3, 0.4) is 0 Å². The fraction of sp³-hybridized carbons (Fsp3) is 0.846. The largest absolute Gasteiger partial charge is 0.314 e. The summed E-state index contributed by atoms with van der Waals surface area (Å²) in [5, 5.41) is 3.66. The molecule has 1 aliphatic rings. The van der Waals surface area contributed by atoms with E-state index in [0.29, 0.717) is 0 Å². The smallest absolute Gasteiger partial charge is 0.0104 e. The lowest BCUT2D eigenvalue weighted by Gasteiger charge is -2.34. The van der Waals surface area contributed by atoms with E-state index in [1.807, 2.05) is 6.92 Å². The summed E-state index contributed by atoms with van der Waals surface area (Å²) in [6.07, 6.45) is 7.85. The van der Waals surface area contributed by atoms with Gasteiger partial charge in [0.15, 0.2) is 0 Å². The van der Waals surface area contributed by atoms with Gasteiger partial charge in [0.2, 0.25) is 0 Å². The Kier molecular flexibility index (Phi) is 5.71. The fourth-order valence-electron chi connectivity index (χ4n) is 2.03. The molecule has 1 aliphatic carbocycles. The number of hydrogen-bond acceptors (Lipinski definition) is 1. The summed E-state index contributed by atoms with van der Waals surface area (Å²) >= 11 is 0. The van der Waals surface area contributed by atoms with Crippen LogP contribution in [0, 0.1) is 17.8 Å². The normalized spacial score (nSPS) is 18.1. The Hall–Kier alpha value is -0.480. The lowest BCUT2D eigenvalue weighted by molar-refractivity contribution is 0.221. The van der Waals surface area contributed by atoms with Gasteiger partial charge >= 0.3 is 0 Å². The Morgan fingerprint density at radius 1 is 1.43 bits per heavy atom. The summed E-state index contributed by atoms with van der Waals surface area (Å²) in [6.45, 7) is 5.33. The third-order valence-electron chi connectivity index (χ3n) is 3.13. The first-order chi connectivity index (χ1) is 6.88. The van der Waals surface area contributed by atoms with E-state index in [9.17, 15) is 0 Å². The minimum absolute atomic E-state index is 0.740. The van der Waals surface area contributed by atoms with Crippen molar-refractivity contribution in [2.24, 2.45) is 5.92 Å². The van der Waals surface area contributed by atoms with Crippen LogP contribution in [0.15, 0.2) is 0 Å². The quantitative estimate of drug-likeness (QED) is 0.639. The maximum Gasteiger partial charge on any atom is 0.0104 e. The van der Waals surface area contributed by atoms with Gasteiger partial charge in [-0.15, -0.1) is 11.8 Å². The lowest BCUT2D eigenvalue weighted by atomic mass is 9.78. The van der Waals surface area contributed by atoms with Gasteiger partial charge in [0, 0.05) is 12.5 Å². The molecule has 1 unspecified atom stereocenters. The molecule has 1 heteroatoms. The standard InChI is InChI=1S/C13H23N/c1-3-5-6-10-13(14-11-4-2)12-8-7-9-12/h12-14H,4,6-11H2,1-2H3. The molecule has 0 radical (unpaired) electrons. The van der Waals surface area contributed by atoms with Gasteiger partial charge in [-0.05, 0) is 45.1 Å². The summed E-state index contributed by atoms with van der Waals surface area (Å²) in [7, 11) is 0. The van der Waals surface area contributed by atoms with Crippen molar-refractivity contribution < 1.29 is 0 Å².